The number of rotatable bonds is 3. The van der Waals surface area contributed by atoms with Crippen LogP contribution in [0.4, 0.5) is 0 Å². The molecule has 1 aliphatic heterocycles. The molecule has 2 aromatic carbocycles. The van der Waals surface area contributed by atoms with E-state index in [0.717, 1.165) is 16.9 Å². The van der Waals surface area contributed by atoms with Crippen LogP contribution in [0.2, 0.25) is 10.0 Å². The molecule has 0 saturated carbocycles. The number of hydrogen-bond donors (Lipinski definition) is 2. The van der Waals surface area contributed by atoms with Crippen molar-refractivity contribution in [3.8, 4) is 11.5 Å². The normalized spacial score (nSPS) is 14.8. The third kappa shape index (κ3) is 3.09. The molecule has 1 atom stereocenters. The van der Waals surface area contributed by atoms with Gasteiger partial charge >= 0.3 is 0 Å². The molecule has 3 N–H and O–H groups in total. The van der Waals surface area contributed by atoms with Crippen molar-refractivity contribution in [1.29, 1.82) is 0 Å². The minimum atomic E-state index is -0.239. The molecule has 1 aliphatic rings. The average Bonchev–Trinajstić information content (AvgIpc) is 2.47. The number of hydrazine groups is 1. The summed E-state index contributed by atoms with van der Waals surface area (Å²) < 4.78 is 11.1. The van der Waals surface area contributed by atoms with Crippen LogP contribution in [0.3, 0.4) is 0 Å². The summed E-state index contributed by atoms with van der Waals surface area (Å²) >= 11 is 12.1. The first-order valence-corrected chi connectivity index (χ1v) is 7.24. The molecule has 0 fully saturated rings. The number of nitrogens with one attached hydrogen (secondary N) is 1. The lowest BCUT2D eigenvalue weighted by molar-refractivity contribution is 0.171. The van der Waals surface area contributed by atoms with E-state index in [-0.39, 0.29) is 6.04 Å². The highest BCUT2D eigenvalue weighted by Crippen LogP contribution is 2.35. The van der Waals surface area contributed by atoms with Crippen LogP contribution in [0.1, 0.15) is 17.2 Å². The highest BCUT2D eigenvalue weighted by Gasteiger charge is 2.18. The molecule has 6 heteroatoms. The fraction of sp³-hybridized carbons (Fsp3) is 0.200. The molecule has 21 heavy (non-hydrogen) atoms. The number of hydrogen-bond acceptors (Lipinski definition) is 4. The Labute approximate surface area is 132 Å². The second-order valence-corrected chi connectivity index (χ2v) is 5.58. The first-order chi connectivity index (χ1) is 10.2. The van der Waals surface area contributed by atoms with Gasteiger partial charge in [0.15, 0.2) is 11.5 Å². The van der Waals surface area contributed by atoms with E-state index in [4.69, 9.17) is 38.5 Å². The Morgan fingerprint density at radius 3 is 2.24 bits per heavy atom. The van der Waals surface area contributed by atoms with Gasteiger partial charge in [0.25, 0.3) is 0 Å². The molecule has 0 aliphatic carbocycles. The first-order valence-electron chi connectivity index (χ1n) is 6.49. The summed E-state index contributed by atoms with van der Waals surface area (Å²) in [5.41, 5.74) is 4.61. The molecule has 110 valence electrons. The molecule has 0 bridgehead atoms. The Kier molecular flexibility index (Phi) is 4.22. The maximum Gasteiger partial charge on any atom is 0.161 e. The second kappa shape index (κ2) is 6.12. The van der Waals surface area contributed by atoms with E-state index in [9.17, 15) is 0 Å². The van der Waals surface area contributed by atoms with Crippen molar-refractivity contribution in [2.75, 3.05) is 13.2 Å². The summed E-state index contributed by atoms with van der Waals surface area (Å²) in [6.07, 6.45) is 0. The van der Waals surface area contributed by atoms with Crippen LogP contribution in [0.15, 0.2) is 36.4 Å². The summed E-state index contributed by atoms with van der Waals surface area (Å²) in [6, 6.07) is 10.8. The fourth-order valence-electron chi connectivity index (χ4n) is 2.37. The quantitative estimate of drug-likeness (QED) is 0.671. The van der Waals surface area contributed by atoms with Gasteiger partial charge in [0.05, 0.1) is 6.04 Å². The number of fused-ring (bicyclic) bond motifs is 1. The number of nitrogens with two attached hydrogens (primary N) is 1. The van der Waals surface area contributed by atoms with E-state index in [1.165, 1.54) is 0 Å². The first kappa shape index (κ1) is 14.5. The minimum absolute atomic E-state index is 0.239. The average molecular weight is 325 g/mol. The van der Waals surface area contributed by atoms with Crippen LogP contribution in [0.5, 0.6) is 11.5 Å². The molecule has 0 radical (unpaired) electrons. The fourth-order valence-corrected chi connectivity index (χ4v) is 2.91. The second-order valence-electron chi connectivity index (χ2n) is 4.71. The standard InChI is InChI=1S/C15H14Cl2N2O2/c16-11-5-10(6-12(17)8-11)15(19-18)9-1-2-13-14(7-9)21-4-3-20-13/h1-2,5-8,15,19H,3-4,18H2. The molecule has 4 nitrogen and oxygen atoms in total. The highest BCUT2D eigenvalue weighted by molar-refractivity contribution is 6.34. The number of ether oxygens (including phenoxy) is 2. The van der Waals surface area contributed by atoms with E-state index in [0.29, 0.717) is 29.0 Å². The lowest BCUT2D eigenvalue weighted by Gasteiger charge is -2.22. The molecule has 0 aromatic heterocycles. The number of halogens is 2. The largest absolute Gasteiger partial charge is 0.486 e. The van der Waals surface area contributed by atoms with Gasteiger partial charge in [-0.2, -0.15) is 0 Å². The van der Waals surface area contributed by atoms with Gasteiger partial charge in [0.1, 0.15) is 13.2 Å². The maximum absolute atomic E-state index is 6.06. The summed E-state index contributed by atoms with van der Waals surface area (Å²) in [4.78, 5) is 0. The van der Waals surface area contributed by atoms with E-state index in [1.807, 2.05) is 30.3 Å². The summed E-state index contributed by atoms with van der Waals surface area (Å²) in [6.45, 7) is 1.11. The van der Waals surface area contributed by atoms with Gasteiger partial charge in [0, 0.05) is 10.0 Å². The van der Waals surface area contributed by atoms with Crippen LogP contribution in [0, 0.1) is 0 Å². The molecular formula is C15H14Cl2N2O2. The molecule has 1 unspecified atom stereocenters. The summed E-state index contributed by atoms with van der Waals surface area (Å²) in [5.74, 6) is 7.16. The van der Waals surface area contributed by atoms with Crippen molar-refractivity contribution in [2.24, 2.45) is 5.84 Å². The van der Waals surface area contributed by atoms with Crippen LogP contribution in [-0.2, 0) is 0 Å². The van der Waals surface area contributed by atoms with E-state index >= 15 is 0 Å². The monoisotopic (exact) mass is 324 g/mol. The van der Waals surface area contributed by atoms with E-state index < -0.39 is 0 Å². The Morgan fingerprint density at radius 1 is 0.905 bits per heavy atom. The van der Waals surface area contributed by atoms with Gasteiger partial charge in [-0.3, -0.25) is 5.84 Å². The Bertz CT molecular complexity index is 644. The van der Waals surface area contributed by atoms with Crippen molar-refractivity contribution in [1.82, 2.24) is 5.43 Å². The Morgan fingerprint density at radius 2 is 1.57 bits per heavy atom. The summed E-state index contributed by atoms with van der Waals surface area (Å²) in [5, 5.41) is 1.13. The minimum Gasteiger partial charge on any atom is -0.486 e. The highest BCUT2D eigenvalue weighted by atomic mass is 35.5. The van der Waals surface area contributed by atoms with Crippen molar-refractivity contribution >= 4 is 23.2 Å². The lowest BCUT2D eigenvalue weighted by Crippen LogP contribution is -2.29. The van der Waals surface area contributed by atoms with Gasteiger partial charge in [-0.15, -0.1) is 0 Å². The van der Waals surface area contributed by atoms with Gasteiger partial charge < -0.3 is 9.47 Å². The molecular weight excluding hydrogens is 311 g/mol. The SMILES string of the molecule is NNC(c1cc(Cl)cc(Cl)c1)c1ccc2c(c1)OCCO2. The zero-order valence-electron chi connectivity index (χ0n) is 11.1. The van der Waals surface area contributed by atoms with Gasteiger partial charge in [-0.25, -0.2) is 5.43 Å². The topological polar surface area (TPSA) is 56.5 Å². The Balaban J connectivity index is 1.99. The van der Waals surface area contributed by atoms with Gasteiger partial charge in [0.2, 0.25) is 0 Å². The predicted octanol–water partition coefficient (Wildman–Crippen LogP) is 3.32. The molecule has 0 saturated heterocycles. The smallest absolute Gasteiger partial charge is 0.161 e. The lowest BCUT2D eigenvalue weighted by atomic mass is 9.99. The van der Waals surface area contributed by atoms with E-state index in [2.05, 4.69) is 5.43 Å². The predicted molar refractivity (Wildman–Crippen MR) is 83.1 cm³/mol. The Hall–Kier alpha value is -1.46. The van der Waals surface area contributed by atoms with Crippen LogP contribution in [-0.4, -0.2) is 13.2 Å². The van der Waals surface area contributed by atoms with Crippen molar-refractivity contribution in [2.45, 2.75) is 6.04 Å². The van der Waals surface area contributed by atoms with Crippen molar-refractivity contribution < 1.29 is 9.47 Å². The number of benzene rings is 2. The molecule has 0 amide bonds. The molecule has 1 heterocycles. The van der Waals surface area contributed by atoms with Crippen LogP contribution >= 0.6 is 23.2 Å². The third-order valence-electron chi connectivity index (χ3n) is 3.28. The van der Waals surface area contributed by atoms with Crippen molar-refractivity contribution in [3.63, 3.8) is 0 Å². The zero-order valence-corrected chi connectivity index (χ0v) is 12.6. The molecule has 3 rings (SSSR count). The van der Waals surface area contributed by atoms with E-state index in [1.54, 1.807) is 6.07 Å². The van der Waals surface area contributed by atoms with Gasteiger partial charge in [-0.1, -0.05) is 29.3 Å². The third-order valence-corrected chi connectivity index (χ3v) is 3.72. The summed E-state index contributed by atoms with van der Waals surface area (Å²) in [7, 11) is 0. The zero-order chi connectivity index (χ0) is 14.8. The molecule has 2 aromatic rings. The molecule has 0 spiro atoms. The van der Waals surface area contributed by atoms with Crippen LogP contribution in [0.25, 0.3) is 0 Å². The maximum atomic E-state index is 6.06. The van der Waals surface area contributed by atoms with Crippen molar-refractivity contribution in [3.05, 3.63) is 57.6 Å². The van der Waals surface area contributed by atoms with Crippen LogP contribution < -0.4 is 20.7 Å². The van der Waals surface area contributed by atoms with Gasteiger partial charge in [-0.05, 0) is 41.5 Å².